The molecular formula is C25H24BrN3O6S. The van der Waals surface area contributed by atoms with Gasteiger partial charge in [0.1, 0.15) is 18.0 Å². The first-order valence-electron chi connectivity index (χ1n) is 10.6. The Hall–Kier alpha value is -3.70. The molecule has 1 N–H and O–H groups in total. The molecule has 0 aliphatic rings. The molecule has 3 rings (SSSR count). The Morgan fingerprint density at radius 2 is 1.72 bits per heavy atom. The summed E-state index contributed by atoms with van der Waals surface area (Å²) in [5.74, 6) is -0.213. The maximum atomic E-state index is 13.5. The molecule has 0 atom stereocenters. The van der Waals surface area contributed by atoms with E-state index in [2.05, 4.69) is 26.5 Å². The van der Waals surface area contributed by atoms with E-state index >= 15 is 0 Å². The van der Waals surface area contributed by atoms with E-state index in [1.165, 1.54) is 38.4 Å². The van der Waals surface area contributed by atoms with E-state index in [1.54, 1.807) is 48.5 Å². The van der Waals surface area contributed by atoms with Crippen molar-refractivity contribution in [3.8, 4) is 11.5 Å². The summed E-state index contributed by atoms with van der Waals surface area (Å²) in [4.78, 5) is 23.7. The highest BCUT2D eigenvalue weighted by molar-refractivity contribution is 9.10. The van der Waals surface area contributed by atoms with Crippen LogP contribution in [0.25, 0.3) is 0 Å². The molecule has 0 aliphatic heterocycles. The van der Waals surface area contributed by atoms with Crippen molar-refractivity contribution < 1.29 is 27.5 Å². The molecule has 36 heavy (non-hydrogen) atoms. The van der Waals surface area contributed by atoms with Gasteiger partial charge in [0.25, 0.3) is 15.9 Å². The number of sulfonamides is 1. The van der Waals surface area contributed by atoms with Crippen molar-refractivity contribution in [1.82, 2.24) is 5.43 Å². The number of ether oxygens (including phenoxy) is 2. The summed E-state index contributed by atoms with van der Waals surface area (Å²) in [6.45, 7) is 2.68. The molecule has 3 aromatic carbocycles. The number of halogens is 1. The zero-order valence-corrected chi connectivity index (χ0v) is 22.2. The van der Waals surface area contributed by atoms with Crippen LogP contribution in [0.5, 0.6) is 11.5 Å². The van der Waals surface area contributed by atoms with Crippen LogP contribution >= 0.6 is 15.9 Å². The maximum absolute atomic E-state index is 13.5. The van der Waals surface area contributed by atoms with Crippen molar-refractivity contribution in [2.24, 2.45) is 5.10 Å². The number of hydrazone groups is 1. The first-order chi connectivity index (χ1) is 17.1. The number of anilines is 1. The van der Waals surface area contributed by atoms with E-state index in [4.69, 9.17) is 9.47 Å². The number of amides is 1. The third-order valence-electron chi connectivity index (χ3n) is 4.86. The standard InChI is InChI=1S/C25H24BrN3O6S/c1-17-4-8-20(9-5-17)29(36(32,33)22-12-13-24(34-3)23(26)14-22)16-25(31)28-27-15-19-6-10-21(11-7-19)35-18(2)30/h4-15H,16H2,1-3H3,(H,28,31)/b27-15-. The van der Waals surface area contributed by atoms with Crippen LogP contribution in [0.3, 0.4) is 0 Å². The van der Waals surface area contributed by atoms with Crippen LogP contribution in [0.4, 0.5) is 5.69 Å². The van der Waals surface area contributed by atoms with Crippen molar-refractivity contribution >= 4 is 49.7 Å². The lowest BCUT2D eigenvalue weighted by Crippen LogP contribution is -2.39. The molecule has 0 saturated carbocycles. The smallest absolute Gasteiger partial charge is 0.308 e. The zero-order chi connectivity index (χ0) is 26.3. The summed E-state index contributed by atoms with van der Waals surface area (Å²) in [6.07, 6.45) is 1.39. The molecule has 0 unspecified atom stereocenters. The van der Waals surface area contributed by atoms with E-state index in [0.717, 1.165) is 9.87 Å². The summed E-state index contributed by atoms with van der Waals surface area (Å²) in [5, 5.41) is 3.91. The minimum absolute atomic E-state index is 0.0140. The summed E-state index contributed by atoms with van der Waals surface area (Å²) in [7, 11) is -2.63. The number of aryl methyl sites for hydroxylation is 1. The second-order valence-corrected chi connectivity index (χ2v) is 10.3. The quantitative estimate of drug-likeness (QED) is 0.179. The molecule has 0 bridgehead atoms. The molecule has 0 aromatic heterocycles. The van der Waals surface area contributed by atoms with Gasteiger partial charge < -0.3 is 9.47 Å². The fourth-order valence-corrected chi connectivity index (χ4v) is 5.23. The second-order valence-electron chi connectivity index (χ2n) is 7.60. The van der Waals surface area contributed by atoms with Crippen LogP contribution in [-0.2, 0) is 19.6 Å². The van der Waals surface area contributed by atoms with Crippen LogP contribution in [0.2, 0.25) is 0 Å². The number of esters is 1. The van der Waals surface area contributed by atoms with E-state index in [0.29, 0.717) is 27.2 Å². The van der Waals surface area contributed by atoms with Gasteiger partial charge in [0.15, 0.2) is 0 Å². The zero-order valence-electron chi connectivity index (χ0n) is 19.8. The average molecular weight is 574 g/mol. The van der Waals surface area contributed by atoms with E-state index < -0.39 is 28.4 Å². The molecule has 1 amide bonds. The van der Waals surface area contributed by atoms with Gasteiger partial charge in [-0.1, -0.05) is 17.7 Å². The Balaban J connectivity index is 1.80. The fraction of sp³-hybridized carbons (Fsp3) is 0.160. The predicted octanol–water partition coefficient (Wildman–Crippen LogP) is 4.04. The molecule has 0 fully saturated rings. The third kappa shape index (κ3) is 6.92. The van der Waals surface area contributed by atoms with Crippen LogP contribution < -0.4 is 19.2 Å². The van der Waals surface area contributed by atoms with Gasteiger partial charge in [-0.3, -0.25) is 13.9 Å². The first-order valence-corrected chi connectivity index (χ1v) is 12.9. The number of hydrogen-bond donors (Lipinski definition) is 1. The van der Waals surface area contributed by atoms with Crippen molar-refractivity contribution in [1.29, 1.82) is 0 Å². The average Bonchev–Trinajstić information content (AvgIpc) is 2.84. The van der Waals surface area contributed by atoms with Gasteiger partial charge in [-0.25, -0.2) is 13.8 Å². The Morgan fingerprint density at radius 3 is 2.31 bits per heavy atom. The van der Waals surface area contributed by atoms with Gasteiger partial charge in [0.05, 0.1) is 28.4 Å². The van der Waals surface area contributed by atoms with E-state index in [-0.39, 0.29) is 4.90 Å². The van der Waals surface area contributed by atoms with Crippen LogP contribution in [0.1, 0.15) is 18.1 Å². The molecular weight excluding hydrogens is 550 g/mol. The van der Waals surface area contributed by atoms with Gasteiger partial charge in [-0.2, -0.15) is 5.10 Å². The van der Waals surface area contributed by atoms with Gasteiger partial charge in [-0.05, 0) is 83.0 Å². The van der Waals surface area contributed by atoms with Crippen molar-refractivity contribution in [3.63, 3.8) is 0 Å². The Kier molecular flexibility index (Phi) is 8.83. The highest BCUT2D eigenvalue weighted by atomic mass is 79.9. The van der Waals surface area contributed by atoms with Gasteiger partial charge in [0.2, 0.25) is 0 Å². The van der Waals surface area contributed by atoms with Gasteiger partial charge >= 0.3 is 5.97 Å². The highest BCUT2D eigenvalue weighted by Gasteiger charge is 2.28. The monoisotopic (exact) mass is 573 g/mol. The first kappa shape index (κ1) is 26.9. The molecule has 188 valence electrons. The topological polar surface area (TPSA) is 114 Å². The van der Waals surface area contributed by atoms with Crippen molar-refractivity contribution in [3.05, 3.63) is 82.3 Å². The predicted molar refractivity (Wildman–Crippen MR) is 140 cm³/mol. The second kappa shape index (κ2) is 11.8. The summed E-state index contributed by atoms with van der Waals surface area (Å²) in [6, 6.07) is 17.6. The molecule has 0 spiro atoms. The summed E-state index contributed by atoms with van der Waals surface area (Å²) in [5.41, 5.74) is 4.26. The molecule has 11 heteroatoms. The number of nitrogens with one attached hydrogen (secondary N) is 1. The van der Waals surface area contributed by atoms with Gasteiger partial charge in [0, 0.05) is 6.92 Å². The van der Waals surface area contributed by atoms with Crippen molar-refractivity contribution in [2.45, 2.75) is 18.7 Å². The number of carbonyl (C=O) groups is 2. The number of hydrogen-bond acceptors (Lipinski definition) is 7. The van der Waals surface area contributed by atoms with E-state index in [9.17, 15) is 18.0 Å². The number of methoxy groups -OCH3 is 1. The van der Waals surface area contributed by atoms with Gasteiger partial charge in [-0.15, -0.1) is 0 Å². The lowest BCUT2D eigenvalue weighted by Gasteiger charge is -2.24. The lowest BCUT2D eigenvalue weighted by atomic mass is 10.2. The van der Waals surface area contributed by atoms with Crippen LogP contribution in [0, 0.1) is 6.92 Å². The minimum Gasteiger partial charge on any atom is -0.496 e. The normalized spacial score (nSPS) is 11.2. The number of nitrogens with zero attached hydrogens (tertiary/aromatic N) is 2. The minimum atomic E-state index is -4.11. The highest BCUT2D eigenvalue weighted by Crippen LogP contribution is 2.30. The molecule has 9 nitrogen and oxygen atoms in total. The Morgan fingerprint density at radius 1 is 1.06 bits per heavy atom. The fourth-order valence-electron chi connectivity index (χ4n) is 3.09. The van der Waals surface area contributed by atoms with Crippen molar-refractivity contribution in [2.75, 3.05) is 18.0 Å². The maximum Gasteiger partial charge on any atom is 0.308 e. The summed E-state index contributed by atoms with van der Waals surface area (Å²) >= 11 is 3.31. The van der Waals surface area contributed by atoms with E-state index in [1.807, 2.05) is 6.92 Å². The molecule has 0 aliphatic carbocycles. The Labute approximate surface area is 217 Å². The molecule has 0 radical (unpaired) electrons. The number of benzene rings is 3. The molecule has 3 aromatic rings. The Bertz CT molecular complexity index is 1370. The number of carbonyl (C=O) groups excluding carboxylic acids is 2. The van der Waals surface area contributed by atoms with Crippen LogP contribution in [0.15, 0.2) is 81.2 Å². The summed E-state index contributed by atoms with van der Waals surface area (Å²) < 4.78 is 38.7. The number of rotatable bonds is 9. The SMILES string of the molecule is COc1ccc(S(=O)(=O)N(CC(=O)N/N=C\c2ccc(OC(C)=O)cc2)c2ccc(C)cc2)cc1Br. The molecule has 0 saturated heterocycles. The third-order valence-corrected chi connectivity index (χ3v) is 7.25. The molecule has 0 heterocycles. The van der Waals surface area contributed by atoms with Crippen LogP contribution in [-0.4, -0.2) is 40.2 Å². The lowest BCUT2D eigenvalue weighted by molar-refractivity contribution is -0.131. The largest absolute Gasteiger partial charge is 0.496 e.